The number of carbonyl (C=O) groups excluding carboxylic acids is 1. The maximum absolute atomic E-state index is 11.0. The lowest BCUT2D eigenvalue weighted by Crippen LogP contribution is -2.40. The second kappa shape index (κ2) is 20.8. The van der Waals surface area contributed by atoms with Gasteiger partial charge in [0.1, 0.15) is 14.8 Å². The number of rotatable bonds is 4. The van der Waals surface area contributed by atoms with Crippen LogP contribution < -0.4 is 5.32 Å². The molecule has 0 aliphatic rings. The number of aliphatic hydroxyl groups excluding tert-OH is 1. The molecule has 12 heteroatoms. The predicted octanol–water partition coefficient (Wildman–Crippen LogP) is 6.14. The van der Waals surface area contributed by atoms with Crippen molar-refractivity contribution in [1.29, 1.82) is 0 Å². The molecule has 0 atom stereocenters. The Hall–Kier alpha value is -1.50. The van der Waals surface area contributed by atoms with E-state index in [2.05, 4.69) is 47.1 Å². The smallest absolute Gasteiger partial charge is 0.354 e. The van der Waals surface area contributed by atoms with Crippen LogP contribution >= 0.6 is 31.9 Å². The zero-order chi connectivity index (χ0) is 27.4. The van der Waals surface area contributed by atoms with Crippen molar-refractivity contribution >= 4 is 45.3 Å². The third kappa shape index (κ3) is 19.9. The number of pyridine rings is 2. The van der Waals surface area contributed by atoms with Crippen LogP contribution in [0.3, 0.4) is 0 Å². The van der Waals surface area contributed by atoms with Gasteiger partial charge in [-0.25, -0.2) is 9.97 Å². The summed E-state index contributed by atoms with van der Waals surface area (Å²) in [7, 11) is 0.625. The van der Waals surface area contributed by atoms with E-state index in [1.54, 1.807) is 33.8 Å². The van der Waals surface area contributed by atoms with Crippen molar-refractivity contribution in [1.82, 2.24) is 15.3 Å². The fraction of sp³-hybridized carbons (Fsp3) is 0.500. The van der Waals surface area contributed by atoms with E-state index in [1.807, 2.05) is 44.2 Å². The van der Waals surface area contributed by atoms with Gasteiger partial charge in [0.25, 0.3) is 0 Å². The number of halogens is 5. The fourth-order valence-corrected chi connectivity index (χ4v) is 2.70. The molecule has 34 heavy (non-hydrogen) atoms. The molecule has 0 unspecified atom stereocenters. The Morgan fingerprint density at radius 2 is 1.35 bits per heavy atom. The summed E-state index contributed by atoms with van der Waals surface area (Å²) < 4.78 is 28.1. The van der Waals surface area contributed by atoms with Gasteiger partial charge in [0.15, 0.2) is 0 Å². The molecule has 0 spiro atoms. The molecule has 3 N–H and O–H groups in total. The molecule has 0 saturated carbocycles. The van der Waals surface area contributed by atoms with Crippen LogP contribution in [0.15, 0.2) is 45.6 Å². The monoisotopic (exact) mass is 614 g/mol. The molecule has 2 heterocycles. The fourth-order valence-electron chi connectivity index (χ4n) is 2.01. The van der Waals surface area contributed by atoms with Crippen molar-refractivity contribution in [3.05, 3.63) is 57.0 Å². The number of amides is 1. The van der Waals surface area contributed by atoms with Gasteiger partial charge in [-0.1, -0.05) is 19.1 Å². The lowest BCUT2D eigenvalue weighted by molar-refractivity contribution is -0.120. The third-order valence-electron chi connectivity index (χ3n) is 3.34. The first-order chi connectivity index (χ1) is 15.7. The van der Waals surface area contributed by atoms with Crippen LogP contribution in [0.25, 0.3) is 0 Å². The predicted molar refractivity (Wildman–Crippen MR) is 138 cm³/mol. The Balaban J connectivity index is -0.000000426. The van der Waals surface area contributed by atoms with Crippen molar-refractivity contribution < 1.29 is 28.5 Å². The molecule has 0 saturated heterocycles. The van der Waals surface area contributed by atoms with Gasteiger partial charge in [-0.2, -0.15) is 0 Å². The highest BCUT2D eigenvalue weighted by Crippen LogP contribution is 2.20. The summed E-state index contributed by atoms with van der Waals surface area (Å²) in [6, 6.07) is 11.1. The number of carbonyl (C=O) groups is 1. The van der Waals surface area contributed by atoms with Crippen LogP contribution in [-0.2, 0) is 15.9 Å². The van der Waals surface area contributed by atoms with Gasteiger partial charge in [-0.15, -0.1) is 0 Å². The van der Waals surface area contributed by atoms with Gasteiger partial charge >= 0.3 is 7.56 Å². The zero-order valence-electron chi connectivity index (χ0n) is 20.5. The molecule has 2 aromatic rings. The second-order valence-corrected chi connectivity index (χ2v) is 9.06. The minimum atomic E-state index is -0.857. The van der Waals surface area contributed by atoms with Gasteiger partial charge in [0.05, 0.1) is 16.9 Å². The topological polar surface area (TPSA) is 95.3 Å². The van der Waals surface area contributed by atoms with Crippen molar-refractivity contribution in [3.8, 4) is 0 Å². The number of nitrogens with zero attached hydrogens (tertiary/aromatic N) is 2. The molecule has 1 radical (unpaired) electrons. The molecule has 2 rings (SSSR count). The van der Waals surface area contributed by atoms with Gasteiger partial charge in [-0.05, 0) is 97.1 Å². The van der Waals surface area contributed by atoms with Crippen LogP contribution in [0.2, 0.25) is 6.32 Å². The Morgan fingerprint density at radius 3 is 1.62 bits per heavy atom. The van der Waals surface area contributed by atoms with E-state index < -0.39 is 11.1 Å². The summed E-state index contributed by atoms with van der Waals surface area (Å²) in [5, 5.41) is 19.9. The summed E-state index contributed by atoms with van der Waals surface area (Å²) in [4.78, 5) is 19.4. The zero-order valence-corrected chi connectivity index (χ0v) is 23.7. The maximum atomic E-state index is 11.0. The molecule has 1 amide bonds. The Morgan fingerprint density at radius 1 is 1.00 bits per heavy atom. The number of hydrogen-bond acceptors (Lipinski definition) is 5. The number of nitrogens with one attached hydrogen (secondary N) is 1. The lowest BCUT2D eigenvalue weighted by Gasteiger charge is -2.24. The van der Waals surface area contributed by atoms with E-state index in [0.29, 0.717) is 19.6 Å². The molecular formula is C22H34BBr2F3N3O3. The van der Waals surface area contributed by atoms with Crippen LogP contribution in [0.1, 0.15) is 59.9 Å². The Labute approximate surface area is 218 Å². The molecule has 0 aliphatic carbocycles. The number of aliphatic hydroxyl groups is 2. The SMILES string of the molecule is CC(=O)NC(C)(C)c1cccc(Br)n1.CC(C)(O)c1cccc(Br)n1.CCO.CC[B]F.FF. The summed E-state index contributed by atoms with van der Waals surface area (Å²) in [5.41, 5.74) is 0.216. The van der Waals surface area contributed by atoms with E-state index in [-0.39, 0.29) is 12.5 Å². The van der Waals surface area contributed by atoms with E-state index in [4.69, 9.17) is 14.3 Å². The average Bonchev–Trinajstić information content (AvgIpc) is 2.75. The standard InChI is InChI=1S/C10H13BrN2O.C8H10BrNO.C2H5BF.C2H6O.F2/c1-7(14)13-10(2,3)8-5-4-6-9(11)12-8;1-8(2,11)6-4-3-5-7(9)10-6;1-2-3-4;1-2-3;1-2/h4-6H,1-3H3,(H,13,14);3-5,11H,1-2H3;2H2,1H3;3H,2H2,1H3;. The van der Waals surface area contributed by atoms with E-state index >= 15 is 0 Å². The largest absolute Gasteiger partial charge is 0.397 e. The normalized spacial score (nSPS) is 9.82. The van der Waals surface area contributed by atoms with Crippen molar-refractivity contribution in [2.24, 2.45) is 0 Å². The van der Waals surface area contributed by atoms with Crippen LogP contribution in [0.5, 0.6) is 0 Å². The Kier molecular flexibility index (Phi) is 22.7. The summed E-state index contributed by atoms with van der Waals surface area (Å²) in [6.45, 7) is 12.4. The molecule has 193 valence electrons. The van der Waals surface area contributed by atoms with E-state index in [0.717, 1.165) is 14.9 Å². The summed E-state index contributed by atoms with van der Waals surface area (Å²) in [6.07, 6.45) is 0.528. The van der Waals surface area contributed by atoms with Crippen LogP contribution in [0, 0.1) is 0 Å². The number of aromatic nitrogens is 2. The van der Waals surface area contributed by atoms with Crippen molar-refractivity contribution in [2.45, 2.75) is 65.9 Å². The van der Waals surface area contributed by atoms with Crippen molar-refractivity contribution in [3.63, 3.8) is 0 Å². The first-order valence-electron chi connectivity index (χ1n) is 10.2. The summed E-state index contributed by atoms with van der Waals surface area (Å²) in [5.74, 6) is -0.0585. The quantitative estimate of drug-likeness (QED) is 0.284. The minimum Gasteiger partial charge on any atom is -0.397 e. The average molecular weight is 616 g/mol. The first kappa shape index (κ1) is 37.1. The number of hydrogen-bond donors (Lipinski definition) is 3. The van der Waals surface area contributed by atoms with Crippen LogP contribution in [-0.4, -0.2) is 40.3 Å². The highest BCUT2D eigenvalue weighted by Gasteiger charge is 2.22. The second-order valence-electron chi connectivity index (χ2n) is 7.44. The summed E-state index contributed by atoms with van der Waals surface area (Å²) >= 11 is 6.53. The van der Waals surface area contributed by atoms with E-state index in [1.165, 1.54) is 6.92 Å². The van der Waals surface area contributed by atoms with Crippen molar-refractivity contribution in [2.75, 3.05) is 6.61 Å². The molecule has 0 aromatic carbocycles. The van der Waals surface area contributed by atoms with Gasteiger partial charge in [-0.3, -0.25) is 4.79 Å². The maximum Gasteiger partial charge on any atom is 0.354 e. The molecule has 0 aliphatic heterocycles. The van der Waals surface area contributed by atoms with E-state index in [9.17, 15) is 14.2 Å². The molecule has 2 aromatic heterocycles. The Bertz CT molecular complexity index is 797. The minimum absolute atomic E-state index is 0.0585. The van der Waals surface area contributed by atoms with Gasteiger partial charge in [0, 0.05) is 22.7 Å². The van der Waals surface area contributed by atoms with Gasteiger partial charge in [0.2, 0.25) is 5.91 Å². The molecular weight excluding hydrogens is 582 g/mol. The van der Waals surface area contributed by atoms with Crippen LogP contribution in [0.4, 0.5) is 13.5 Å². The first-order valence-corrected chi connectivity index (χ1v) is 11.8. The highest BCUT2D eigenvalue weighted by molar-refractivity contribution is 9.10. The molecule has 6 nitrogen and oxygen atoms in total. The molecule has 0 bridgehead atoms. The highest BCUT2D eigenvalue weighted by atomic mass is 79.9. The third-order valence-corrected chi connectivity index (χ3v) is 4.22. The molecule has 0 fully saturated rings. The van der Waals surface area contributed by atoms with Gasteiger partial charge < -0.3 is 19.8 Å². The lowest BCUT2D eigenvalue weighted by atomic mass is 10.00.